The zero-order chi connectivity index (χ0) is 24.8. The average molecular weight is 474 g/mol. The summed E-state index contributed by atoms with van der Waals surface area (Å²) >= 11 is 0. The summed E-state index contributed by atoms with van der Waals surface area (Å²) in [6.07, 6.45) is -1.57. The van der Waals surface area contributed by atoms with E-state index in [0.29, 0.717) is 5.56 Å². The van der Waals surface area contributed by atoms with E-state index in [1.807, 2.05) is 54.6 Å². The Morgan fingerprint density at radius 1 is 0.914 bits per heavy atom. The number of hydrogen-bond donors (Lipinski definition) is 3. The van der Waals surface area contributed by atoms with Crippen LogP contribution in [-0.2, 0) is 11.2 Å². The Balaban J connectivity index is 1.49. The Morgan fingerprint density at radius 2 is 1.60 bits per heavy atom. The number of carbonyl (C=O) groups is 2. The van der Waals surface area contributed by atoms with E-state index in [0.717, 1.165) is 16.7 Å². The van der Waals surface area contributed by atoms with Gasteiger partial charge in [0.05, 0.1) is 0 Å². The van der Waals surface area contributed by atoms with E-state index < -0.39 is 29.8 Å². The lowest BCUT2D eigenvalue weighted by molar-refractivity contribution is -0.147. The molecule has 0 saturated carbocycles. The van der Waals surface area contributed by atoms with Gasteiger partial charge in [-0.3, -0.25) is 4.79 Å². The summed E-state index contributed by atoms with van der Waals surface area (Å²) in [6, 6.07) is 23.9. The van der Waals surface area contributed by atoms with Crippen LogP contribution >= 0.6 is 0 Å². The Hall–Kier alpha value is -4.30. The second kappa shape index (κ2) is 10.8. The number of hydrogen-bond acceptors (Lipinski definition) is 5. The summed E-state index contributed by atoms with van der Waals surface area (Å²) in [5.74, 6) is -2.56. The lowest BCUT2D eigenvalue weighted by Crippen LogP contribution is -2.40. The van der Waals surface area contributed by atoms with Crippen molar-refractivity contribution in [2.45, 2.75) is 25.0 Å². The number of amides is 1. The van der Waals surface area contributed by atoms with Gasteiger partial charge < -0.3 is 20.1 Å². The first-order valence-electron chi connectivity index (χ1n) is 11.0. The summed E-state index contributed by atoms with van der Waals surface area (Å²) in [5.41, 5.74) is 3.67. The number of nitrogens with zero attached hydrogens (tertiary/aromatic N) is 1. The largest absolute Gasteiger partial charge is 0.479 e. The number of nitrogens with one attached hydrogen (secondary N) is 1. The van der Waals surface area contributed by atoms with Crippen molar-refractivity contribution >= 4 is 11.9 Å². The van der Waals surface area contributed by atoms with Crippen molar-refractivity contribution in [1.29, 1.82) is 0 Å². The minimum Gasteiger partial charge on any atom is -0.479 e. The van der Waals surface area contributed by atoms with E-state index in [1.54, 1.807) is 6.07 Å². The molecule has 4 rings (SSSR count). The Kier molecular flexibility index (Phi) is 7.32. The molecule has 35 heavy (non-hydrogen) atoms. The first kappa shape index (κ1) is 23.8. The van der Waals surface area contributed by atoms with Gasteiger partial charge in [0.1, 0.15) is 11.5 Å². The number of halogens is 1. The van der Waals surface area contributed by atoms with E-state index in [-0.39, 0.29) is 24.3 Å². The number of carboxylic acid groups (broad SMARTS) is 1. The average Bonchev–Trinajstić information content (AvgIpc) is 3.36. The second-order valence-electron chi connectivity index (χ2n) is 8.11. The molecule has 0 bridgehead atoms. The molecule has 3 aromatic carbocycles. The SMILES string of the molecule is O=C(N[C@H](Cc1ccc(-c2ccccc2)cc1)C[C@@H](O)C(=O)O)c1cc(-c2cccc(F)c2)no1. The van der Waals surface area contributed by atoms with Gasteiger partial charge in [-0.2, -0.15) is 0 Å². The normalized spacial score (nSPS) is 12.6. The molecule has 4 aromatic rings. The van der Waals surface area contributed by atoms with E-state index in [9.17, 15) is 19.1 Å². The molecule has 0 aliphatic rings. The second-order valence-corrected chi connectivity index (χ2v) is 8.11. The number of rotatable bonds is 9. The molecule has 0 spiro atoms. The molecule has 0 fully saturated rings. The minimum atomic E-state index is -1.65. The fourth-order valence-corrected chi connectivity index (χ4v) is 3.73. The van der Waals surface area contributed by atoms with Crippen molar-refractivity contribution in [3.8, 4) is 22.4 Å². The maximum atomic E-state index is 13.5. The molecule has 0 aliphatic heterocycles. The number of aromatic nitrogens is 1. The van der Waals surface area contributed by atoms with Crippen molar-refractivity contribution in [1.82, 2.24) is 10.5 Å². The Bertz CT molecular complexity index is 1300. The summed E-state index contributed by atoms with van der Waals surface area (Å²) in [5, 5.41) is 25.6. The maximum Gasteiger partial charge on any atom is 0.332 e. The van der Waals surface area contributed by atoms with E-state index in [4.69, 9.17) is 9.63 Å². The van der Waals surface area contributed by atoms with Gasteiger partial charge in [-0.05, 0) is 35.2 Å². The van der Waals surface area contributed by atoms with Crippen molar-refractivity contribution in [2.24, 2.45) is 0 Å². The fourth-order valence-electron chi connectivity index (χ4n) is 3.73. The van der Waals surface area contributed by atoms with E-state index in [2.05, 4.69) is 10.5 Å². The molecule has 1 amide bonds. The maximum absolute atomic E-state index is 13.5. The minimum absolute atomic E-state index is 0.112. The highest BCUT2D eigenvalue weighted by Gasteiger charge is 2.24. The van der Waals surface area contributed by atoms with E-state index in [1.165, 1.54) is 24.3 Å². The predicted octanol–water partition coefficient (Wildman–Crippen LogP) is 4.32. The molecule has 2 atom stereocenters. The molecular formula is C27H23FN2O5. The molecule has 0 aliphatic carbocycles. The van der Waals surface area contributed by atoms with Crippen LogP contribution in [0.1, 0.15) is 22.5 Å². The lowest BCUT2D eigenvalue weighted by Gasteiger charge is -2.20. The van der Waals surface area contributed by atoms with Crippen LogP contribution in [0, 0.1) is 5.82 Å². The van der Waals surface area contributed by atoms with Crippen LogP contribution in [0.3, 0.4) is 0 Å². The van der Waals surface area contributed by atoms with Crippen LogP contribution in [0.15, 0.2) is 89.5 Å². The third kappa shape index (κ3) is 6.18. The lowest BCUT2D eigenvalue weighted by atomic mass is 9.97. The first-order valence-corrected chi connectivity index (χ1v) is 11.0. The molecule has 178 valence electrons. The number of aliphatic hydroxyl groups excluding tert-OH is 1. The number of benzene rings is 3. The monoisotopic (exact) mass is 474 g/mol. The van der Waals surface area contributed by atoms with Gasteiger partial charge in [0.25, 0.3) is 5.91 Å². The molecule has 3 N–H and O–H groups in total. The highest BCUT2D eigenvalue weighted by atomic mass is 19.1. The van der Waals surface area contributed by atoms with Crippen molar-refractivity contribution < 1.29 is 28.7 Å². The van der Waals surface area contributed by atoms with Crippen LogP contribution in [-0.4, -0.2) is 39.4 Å². The summed E-state index contributed by atoms with van der Waals surface area (Å²) in [6.45, 7) is 0. The topological polar surface area (TPSA) is 113 Å². The van der Waals surface area contributed by atoms with Crippen LogP contribution in [0.5, 0.6) is 0 Å². The predicted molar refractivity (Wildman–Crippen MR) is 127 cm³/mol. The van der Waals surface area contributed by atoms with E-state index >= 15 is 0 Å². The highest BCUT2D eigenvalue weighted by molar-refractivity contribution is 5.92. The zero-order valence-corrected chi connectivity index (χ0v) is 18.6. The van der Waals surface area contributed by atoms with Crippen molar-refractivity contribution in [2.75, 3.05) is 0 Å². The van der Waals surface area contributed by atoms with Gasteiger partial charge >= 0.3 is 5.97 Å². The smallest absolute Gasteiger partial charge is 0.332 e. The highest BCUT2D eigenvalue weighted by Crippen LogP contribution is 2.22. The third-order valence-electron chi connectivity index (χ3n) is 5.53. The van der Waals surface area contributed by atoms with Crippen molar-refractivity contribution in [3.63, 3.8) is 0 Å². The fraction of sp³-hybridized carbons (Fsp3) is 0.148. The summed E-state index contributed by atoms with van der Waals surface area (Å²) in [7, 11) is 0. The van der Waals surface area contributed by atoms with Gasteiger partial charge in [0.15, 0.2) is 6.10 Å². The number of carbonyl (C=O) groups excluding carboxylic acids is 1. The standard InChI is InChI=1S/C27H23FN2O5/c28-21-8-4-7-20(14-21)23-16-25(35-30-23)26(32)29-22(15-24(31)27(33)34)13-17-9-11-19(12-10-17)18-5-2-1-3-6-18/h1-12,14,16,22,24,31H,13,15H2,(H,29,32)(H,33,34)/t22-,24-/m1/s1. The van der Waals surface area contributed by atoms with Gasteiger partial charge in [0.2, 0.25) is 5.76 Å². The third-order valence-corrected chi connectivity index (χ3v) is 5.53. The van der Waals surface area contributed by atoms with Crippen LogP contribution in [0.25, 0.3) is 22.4 Å². The molecule has 8 heteroatoms. The van der Waals surface area contributed by atoms with Crippen molar-refractivity contribution in [3.05, 3.63) is 102 Å². The molecule has 7 nitrogen and oxygen atoms in total. The van der Waals surface area contributed by atoms with Gasteiger partial charge in [-0.15, -0.1) is 0 Å². The molecule has 0 unspecified atom stereocenters. The Morgan fingerprint density at radius 3 is 2.29 bits per heavy atom. The summed E-state index contributed by atoms with van der Waals surface area (Å²) in [4.78, 5) is 24.0. The van der Waals surface area contributed by atoms with Gasteiger partial charge in [-0.1, -0.05) is 71.9 Å². The molecular weight excluding hydrogens is 451 g/mol. The first-order chi connectivity index (χ1) is 16.9. The van der Waals surface area contributed by atoms with Gasteiger partial charge in [-0.25, -0.2) is 9.18 Å². The van der Waals surface area contributed by atoms with Crippen LogP contribution < -0.4 is 5.32 Å². The molecule has 1 aromatic heterocycles. The molecule has 1 heterocycles. The quantitative estimate of drug-likeness (QED) is 0.333. The Labute approximate surface area is 200 Å². The zero-order valence-electron chi connectivity index (χ0n) is 18.6. The number of carboxylic acids is 1. The summed E-state index contributed by atoms with van der Waals surface area (Å²) < 4.78 is 18.6. The number of aliphatic carboxylic acids is 1. The van der Waals surface area contributed by atoms with Crippen LogP contribution in [0.2, 0.25) is 0 Å². The molecule has 0 radical (unpaired) electrons. The number of aliphatic hydroxyl groups is 1. The van der Waals surface area contributed by atoms with Crippen LogP contribution in [0.4, 0.5) is 4.39 Å². The molecule has 0 saturated heterocycles. The van der Waals surface area contributed by atoms with Gasteiger partial charge in [0, 0.05) is 24.1 Å².